The van der Waals surface area contributed by atoms with Crippen LogP contribution in [0.5, 0.6) is 0 Å². The molecule has 6 heteroatoms. The van der Waals surface area contributed by atoms with E-state index in [1.165, 1.54) is 6.42 Å². The molecule has 6 aliphatic rings. The zero-order valence-electron chi connectivity index (χ0n) is 20.0. The van der Waals surface area contributed by atoms with Gasteiger partial charge in [0.2, 0.25) is 0 Å². The summed E-state index contributed by atoms with van der Waals surface area (Å²) >= 11 is 0. The van der Waals surface area contributed by atoms with Gasteiger partial charge in [0.05, 0.1) is 56.2 Å². The molecule has 2 saturated heterocycles. The molecule has 2 atom stereocenters. The molecular formula is C26H40O6. The molecule has 0 aromatic heterocycles. The highest BCUT2D eigenvalue weighted by atomic mass is 16.5. The quantitative estimate of drug-likeness (QED) is 0.390. The molecule has 2 aliphatic heterocycles. The first-order valence-corrected chi connectivity index (χ1v) is 12.6. The number of carbonyl (C=O) groups is 1. The number of carboxylic acids is 1. The van der Waals surface area contributed by atoms with Gasteiger partial charge in [-0.15, -0.1) is 0 Å². The second-order valence-electron chi connectivity index (χ2n) is 12.0. The topological polar surface area (TPSA) is 74.2 Å². The van der Waals surface area contributed by atoms with Gasteiger partial charge in [0.1, 0.15) is 5.76 Å². The molecule has 2 heterocycles. The van der Waals surface area contributed by atoms with Gasteiger partial charge in [0.15, 0.2) is 0 Å². The first-order chi connectivity index (χ1) is 15.3. The van der Waals surface area contributed by atoms with Gasteiger partial charge in [0, 0.05) is 10.8 Å². The highest BCUT2D eigenvalue weighted by molar-refractivity contribution is 5.86. The molecule has 0 spiro atoms. The van der Waals surface area contributed by atoms with Gasteiger partial charge in [-0.05, 0) is 70.1 Å². The zero-order valence-corrected chi connectivity index (χ0v) is 20.0. The fraction of sp³-hybridized carbons (Fsp3) is 0.885. The predicted molar refractivity (Wildman–Crippen MR) is 119 cm³/mol. The summed E-state index contributed by atoms with van der Waals surface area (Å²) in [5, 5.41) is 9.95. The van der Waals surface area contributed by atoms with Crippen molar-refractivity contribution in [2.75, 3.05) is 39.6 Å². The van der Waals surface area contributed by atoms with Crippen LogP contribution >= 0.6 is 0 Å². The van der Waals surface area contributed by atoms with Crippen LogP contribution in [-0.2, 0) is 23.7 Å². The van der Waals surface area contributed by atoms with Crippen molar-refractivity contribution in [3.8, 4) is 0 Å². The summed E-state index contributed by atoms with van der Waals surface area (Å²) in [5.41, 5.74) is 0.225. The molecule has 0 aromatic rings. The van der Waals surface area contributed by atoms with Crippen molar-refractivity contribution in [1.29, 1.82) is 0 Å². The summed E-state index contributed by atoms with van der Waals surface area (Å²) in [6.45, 7) is 10.4. The molecule has 6 rings (SSSR count). The second kappa shape index (κ2) is 7.99. The minimum atomic E-state index is -0.863. The summed E-state index contributed by atoms with van der Waals surface area (Å²) in [6, 6.07) is 0. The first kappa shape index (κ1) is 22.7. The number of allylic oxidation sites excluding steroid dienone is 1. The molecule has 4 saturated carbocycles. The largest absolute Gasteiger partial charge is 0.496 e. The van der Waals surface area contributed by atoms with Crippen molar-refractivity contribution in [2.24, 2.45) is 28.1 Å². The van der Waals surface area contributed by atoms with E-state index in [1.807, 2.05) is 0 Å². The van der Waals surface area contributed by atoms with Crippen molar-refractivity contribution in [3.05, 3.63) is 11.3 Å². The minimum absolute atomic E-state index is 0.0260. The average molecular weight is 449 g/mol. The number of ether oxygens (including phenoxy) is 4. The lowest BCUT2D eigenvalue weighted by Gasteiger charge is -2.62. The van der Waals surface area contributed by atoms with E-state index in [1.54, 1.807) is 6.92 Å². The smallest absolute Gasteiger partial charge is 0.334 e. The van der Waals surface area contributed by atoms with Crippen molar-refractivity contribution >= 4 is 5.97 Å². The van der Waals surface area contributed by atoms with Gasteiger partial charge in [-0.25, -0.2) is 4.79 Å². The highest BCUT2D eigenvalue weighted by Gasteiger charge is 2.61. The van der Waals surface area contributed by atoms with E-state index in [0.717, 1.165) is 70.5 Å². The summed E-state index contributed by atoms with van der Waals surface area (Å²) in [7, 11) is 0. The lowest BCUT2D eigenvalue weighted by molar-refractivity contribution is -0.234. The Balaban J connectivity index is 1.41. The third-order valence-electron chi connectivity index (χ3n) is 9.49. The second-order valence-corrected chi connectivity index (χ2v) is 12.0. The van der Waals surface area contributed by atoms with Gasteiger partial charge >= 0.3 is 5.97 Å². The number of hydrogen-bond donors (Lipinski definition) is 1. The summed E-state index contributed by atoms with van der Waals surface area (Å²) in [5.74, 6) is 1.07. The van der Waals surface area contributed by atoms with Crippen LogP contribution in [0.25, 0.3) is 0 Å². The van der Waals surface area contributed by atoms with Gasteiger partial charge < -0.3 is 24.1 Å². The van der Waals surface area contributed by atoms with Crippen molar-refractivity contribution in [3.63, 3.8) is 0 Å². The van der Waals surface area contributed by atoms with Crippen LogP contribution in [0.15, 0.2) is 11.3 Å². The summed E-state index contributed by atoms with van der Waals surface area (Å²) in [6.07, 6.45) is 8.49. The van der Waals surface area contributed by atoms with E-state index < -0.39 is 5.97 Å². The fourth-order valence-electron chi connectivity index (χ4n) is 7.46. The molecule has 0 aromatic carbocycles. The van der Waals surface area contributed by atoms with E-state index in [0.29, 0.717) is 37.2 Å². The Morgan fingerprint density at radius 1 is 0.938 bits per heavy atom. The van der Waals surface area contributed by atoms with Crippen LogP contribution in [0.1, 0.15) is 72.1 Å². The summed E-state index contributed by atoms with van der Waals surface area (Å²) in [4.78, 5) is 12.1. The van der Waals surface area contributed by atoms with Gasteiger partial charge in [-0.3, -0.25) is 0 Å². The van der Waals surface area contributed by atoms with Gasteiger partial charge in [-0.2, -0.15) is 0 Å². The molecule has 4 bridgehead atoms. The molecule has 0 radical (unpaired) electrons. The Bertz CT molecular complexity index is 752. The van der Waals surface area contributed by atoms with E-state index in [4.69, 9.17) is 18.9 Å². The van der Waals surface area contributed by atoms with Crippen LogP contribution in [0.2, 0.25) is 0 Å². The molecule has 1 N–H and O–H groups in total. The molecule has 0 amide bonds. The van der Waals surface area contributed by atoms with Crippen molar-refractivity contribution in [2.45, 2.75) is 77.7 Å². The molecular weight excluding hydrogens is 408 g/mol. The standard InChI is InChI=1S/C26H40O6/c1-4-23(12-29-13-23)16-31-21(18(3)22(27)28)25-7-19-6-20(8-25)10-26(9-19,11-25)32-17-24(5-2)14-30-15-24/h19-20H,4-17H2,1-3H3,(H,27,28). The summed E-state index contributed by atoms with van der Waals surface area (Å²) < 4.78 is 24.4. The van der Waals surface area contributed by atoms with E-state index in [9.17, 15) is 9.90 Å². The monoisotopic (exact) mass is 448 g/mol. The highest BCUT2D eigenvalue weighted by Crippen LogP contribution is 2.66. The number of rotatable bonds is 10. The van der Waals surface area contributed by atoms with E-state index in [-0.39, 0.29) is 21.8 Å². The van der Waals surface area contributed by atoms with E-state index >= 15 is 0 Å². The normalized spacial score (nSPS) is 39.1. The van der Waals surface area contributed by atoms with Crippen molar-refractivity contribution < 1.29 is 28.8 Å². The maximum absolute atomic E-state index is 12.1. The number of hydrogen-bond acceptors (Lipinski definition) is 5. The van der Waals surface area contributed by atoms with E-state index in [2.05, 4.69) is 13.8 Å². The number of carboxylic acid groups (broad SMARTS) is 1. The molecule has 180 valence electrons. The Morgan fingerprint density at radius 3 is 1.97 bits per heavy atom. The van der Waals surface area contributed by atoms with Crippen LogP contribution in [0.4, 0.5) is 0 Å². The van der Waals surface area contributed by atoms with Crippen molar-refractivity contribution in [1.82, 2.24) is 0 Å². The third kappa shape index (κ3) is 3.70. The SMILES string of the molecule is CCC1(COC(=C(C)C(=O)O)C23CC4CC(CC(OCC5(CC)COC5)(C4)C2)C3)COC1. The molecule has 32 heavy (non-hydrogen) atoms. The van der Waals surface area contributed by atoms with Crippen LogP contribution in [0.3, 0.4) is 0 Å². The van der Waals surface area contributed by atoms with Crippen LogP contribution in [0, 0.1) is 28.1 Å². The molecule has 6 fully saturated rings. The first-order valence-electron chi connectivity index (χ1n) is 12.6. The Labute approximate surface area is 192 Å². The average Bonchev–Trinajstić information content (AvgIpc) is 2.68. The third-order valence-corrected chi connectivity index (χ3v) is 9.49. The Morgan fingerprint density at radius 2 is 1.50 bits per heavy atom. The molecule has 4 aliphatic carbocycles. The minimum Gasteiger partial charge on any atom is -0.496 e. The maximum atomic E-state index is 12.1. The van der Waals surface area contributed by atoms with Crippen LogP contribution < -0.4 is 0 Å². The lowest BCUT2D eigenvalue weighted by atomic mass is 9.47. The molecule has 2 unspecified atom stereocenters. The Hall–Kier alpha value is -1.11. The van der Waals surface area contributed by atoms with Gasteiger partial charge in [-0.1, -0.05) is 13.8 Å². The van der Waals surface area contributed by atoms with Gasteiger partial charge in [0.25, 0.3) is 0 Å². The Kier molecular flexibility index (Phi) is 5.66. The molecule has 6 nitrogen and oxygen atoms in total. The lowest BCUT2D eigenvalue weighted by Crippen LogP contribution is -2.59. The fourth-order valence-corrected chi connectivity index (χ4v) is 7.46. The predicted octanol–water partition coefficient (Wildman–Crippen LogP) is 4.57. The number of aliphatic carboxylic acids is 1. The maximum Gasteiger partial charge on any atom is 0.334 e. The van der Waals surface area contributed by atoms with Crippen LogP contribution in [-0.4, -0.2) is 56.3 Å². The zero-order chi connectivity index (χ0) is 22.6.